The van der Waals surface area contributed by atoms with Crippen molar-refractivity contribution in [2.24, 2.45) is 0 Å². The first-order valence-electron chi connectivity index (χ1n) is 24.5. The fourth-order valence-corrected chi connectivity index (χ4v) is 14.2. The van der Waals surface area contributed by atoms with Crippen LogP contribution in [-0.2, 0) is 66.6 Å². The molecule has 6 aromatic rings. The summed E-state index contributed by atoms with van der Waals surface area (Å²) in [7, 11) is 2.79. The van der Waals surface area contributed by atoms with E-state index in [0.29, 0.717) is 39.3 Å². The number of likely N-dealkylation sites (N-methyl/N-ethyl adjacent to an activating group) is 3. The fourth-order valence-electron chi connectivity index (χ4n) is 9.40. The summed E-state index contributed by atoms with van der Waals surface area (Å²) in [5.41, 5.74) is 9.56. The van der Waals surface area contributed by atoms with Crippen molar-refractivity contribution in [2.45, 2.75) is 75.0 Å². The molecule has 0 bridgehead atoms. The maximum Gasteiger partial charge on any atom is 0.218 e. The van der Waals surface area contributed by atoms with Crippen LogP contribution in [0.15, 0.2) is 73.2 Å². The molecule has 0 saturated carbocycles. The topological polar surface area (TPSA) is 169 Å². The summed E-state index contributed by atoms with van der Waals surface area (Å²) in [6.45, 7) is 6.94. The summed E-state index contributed by atoms with van der Waals surface area (Å²) in [6, 6.07) is 17.8. The molecule has 18 heteroatoms. The van der Waals surface area contributed by atoms with Crippen LogP contribution in [0.2, 0.25) is 0 Å². The second-order valence-electron chi connectivity index (χ2n) is 19.8. The smallest absolute Gasteiger partial charge is 0.218 e. The third kappa shape index (κ3) is 14.3. The average molecular weight is 1010 g/mol. The van der Waals surface area contributed by atoms with Crippen LogP contribution in [0.25, 0.3) is 32.7 Å². The van der Waals surface area contributed by atoms with Crippen LogP contribution in [0.5, 0.6) is 0 Å². The maximum atomic E-state index is 12.5. The number of rotatable bonds is 18. The Morgan fingerprint density at radius 3 is 0.884 bits per heavy atom. The van der Waals surface area contributed by atoms with Crippen LogP contribution in [0.4, 0.5) is 0 Å². The molecule has 3 saturated heterocycles. The highest BCUT2D eigenvalue weighted by Crippen LogP contribution is 2.27. The van der Waals surface area contributed by atoms with Crippen LogP contribution >= 0.6 is 0 Å². The van der Waals surface area contributed by atoms with Gasteiger partial charge in [0.25, 0.3) is 0 Å². The standard InChI is InChI=1S/3C17H25N3O2S/c3*1-19(2)10-7-15-12-18-17-6-5-14(11-16(15)17)13-23(21,22)20-8-3-4-9-20/h3*5-6,11-12,18H,3-4,7-10,13H2,1-2H3. The quantitative estimate of drug-likeness (QED) is 0.0860. The molecule has 0 aliphatic carbocycles. The van der Waals surface area contributed by atoms with E-state index in [-0.39, 0.29) is 17.3 Å². The van der Waals surface area contributed by atoms with Gasteiger partial charge in [0.15, 0.2) is 0 Å². The van der Waals surface area contributed by atoms with Gasteiger partial charge in [-0.1, -0.05) is 18.2 Å². The highest BCUT2D eigenvalue weighted by Gasteiger charge is 2.28. The van der Waals surface area contributed by atoms with Gasteiger partial charge in [0.1, 0.15) is 0 Å². The summed E-state index contributed by atoms with van der Waals surface area (Å²) in [4.78, 5) is 16.3. The summed E-state index contributed by atoms with van der Waals surface area (Å²) < 4.78 is 79.8. The number of nitrogens with one attached hydrogen (secondary N) is 3. The molecule has 0 amide bonds. The Hall–Kier alpha value is -4.11. The van der Waals surface area contributed by atoms with Gasteiger partial charge in [-0.25, -0.2) is 38.2 Å². The van der Waals surface area contributed by atoms with Gasteiger partial charge in [0, 0.05) is 110 Å². The molecule has 378 valence electrons. The molecule has 6 heterocycles. The highest BCUT2D eigenvalue weighted by molar-refractivity contribution is 7.88. The van der Waals surface area contributed by atoms with Crippen LogP contribution in [0.3, 0.4) is 0 Å². The molecule has 0 unspecified atom stereocenters. The van der Waals surface area contributed by atoms with Crippen molar-refractivity contribution in [3.05, 3.63) is 107 Å². The molecular formula is C51H75N9O6S3. The Morgan fingerprint density at radius 2 is 0.652 bits per heavy atom. The van der Waals surface area contributed by atoms with Crippen molar-refractivity contribution in [1.29, 1.82) is 0 Å². The normalized spacial score (nSPS) is 16.7. The van der Waals surface area contributed by atoms with E-state index in [1.54, 1.807) is 12.9 Å². The van der Waals surface area contributed by atoms with Crippen LogP contribution in [0, 0.1) is 0 Å². The van der Waals surface area contributed by atoms with Crippen molar-refractivity contribution in [3.63, 3.8) is 0 Å². The maximum absolute atomic E-state index is 12.5. The van der Waals surface area contributed by atoms with Gasteiger partial charge in [0.05, 0.1) is 17.3 Å². The summed E-state index contributed by atoms with van der Waals surface area (Å²) in [6.07, 6.45) is 14.8. The van der Waals surface area contributed by atoms with Crippen LogP contribution in [0.1, 0.15) is 71.9 Å². The SMILES string of the molecule is CN(C)CCc1c[nH]c2ccc(CS(=O)(=O)N3CCCC3)cc12.CN(C)CCc1c[nH]c2ccc(CS(=O)(=O)N3CCCC3)cc12.CN(C)CCc1c[nH]c2ccc(CS(=O)(=O)N3CCCC3)cc12. The second-order valence-corrected chi connectivity index (χ2v) is 25.7. The molecule has 3 aliphatic heterocycles. The molecule has 0 atom stereocenters. The van der Waals surface area contributed by atoms with Crippen LogP contribution < -0.4 is 0 Å². The first-order valence-corrected chi connectivity index (χ1v) is 29.3. The summed E-state index contributed by atoms with van der Waals surface area (Å²) in [5, 5.41) is 3.42. The number of sulfonamides is 3. The molecule has 0 spiro atoms. The Balaban J connectivity index is 0.000000153. The zero-order valence-corrected chi connectivity index (χ0v) is 44.1. The molecule has 0 radical (unpaired) electrons. The average Bonchev–Trinajstić information content (AvgIpc) is 4.16. The van der Waals surface area contributed by atoms with E-state index >= 15 is 0 Å². The first-order chi connectivity index (χ1) is 32.9. The molecule has 3 aromatic heterocycles. The van der Waals surface area contributed by atoms with Crippen molar-refractivity contribution >= 4 is 62.8 Å². The van der Waals surface area contributed by atoms with Gasteiger partial charge < -0.3 is 29.7 Å². The van der Waals surface area contributed by atoms with Crippen molar-refractivity contribution < 1.29 is 25.3 Å². The number of aromatic amines is 3. The lowest BCUT2D eigenvalue weighted by atomic mass is 10.1. The van der Waals surface area contributed by atoms with Gasteiger partial charge in [-0.3, -0.25) is 0 Å². The van der Waals surface area contributed by atoms with Crippen molar-refractivity contribution in [3.8, 4) is 0 Å². The van der Waals surface area contributed by atoms with E-state index in [1.807, 2.05) is 73.2 Å². The Bertz CT molecular complexity index is 2640. The number of hydrogen-bond acceptors (Lipinski definition) is 9. The summed E-state index contributed by atoms with van der Waals surface area (Å²) in [5.74, 6) is 0.295. The van der Waals surface area contributed by atoms with E-state index in [2.05, 4.69) is 71.9 Å². The van der Waals surface area contributed by atoms with Crippen molar-refractivity contribution in [2.75, 3.05) is 101 Å². The molecule has 3 aromatic carbocycles. The zero-order valence-electron chi connectivity index (χ0n) is 41.6. The number of benzene rings is 3. The van der Waals surface area contributed by atoms with E-state index in [4.69, 9.17) is 0 Å². The number of H-pyrrole nitrogens is 3. The monoisotopic (exact) mass is 1010 g/mol. The van der Waals surface area contributed by atoms with Gasteiger partial charge in [-0.05, 0) is 170 Å². The Kier molecular flexibility index (Phi) is 17.9. The number of hydrogen-bond donors (Lipinski definition) is 3. The Labute approximate surface area is 411 Å². The lowest BCUT2D eigenvalue weighted by Gasteiger charge is -2.15. The first kappa shape index (κ1) is 52.7. The third-order valence-corrected chi connectivity index (χ3v) is 19.0. The number of fused-ring (bicyclic) bond motifs is 3. The number of nitrogens with zero attached hydrogens (tertiary/aromatic N) is 6. The van der Waals surface area contributed by atoms with Crippen LogP contribution in [-0.4, -0.2) is 169 Å². The molecule has 3 aliphatic rings. The van der Waals surface area contributed by atoms with Gasteiger partial charge in [0.2, 0.25) is 30.1 Å². The van der Waals surface area contributed by atoms with Gasteiger partial charge in [-0.15, -0.1) is 0 Å². The predicted octanol–water partition coefficient (Wildman–Crippen LogP) is 6.59. The fraction of sp³-hybridized carbons (Fsp3) is 0.529. The predicted molar refractivity (Wildman–Crippen MR) is 282 cm³/mol. The molecule has 69 heavy (non-hydrogen) atoms. The minimum Gasteiger partial charge on any atom is -0.361 e. The highest BCUT2D eigenvalue weighted by atomic mass is 32.2. The minimum absolute atomic E-state index is 0.0985. The van der Waals surface area contributed by atoms with E-state index in [9.17, 15) is 25.3 Å². The number of aromatic nitrogens is 3. The molecular weight excluding hydrogens is 931 g/mol. The lowest BCUT2D eigenvalue weighted by Crippen LogP contribution is -2.29. The molecule has 9 rings (SSSR count). The third-order valence-electron chi connectivity index (χ3n) is 13.4. The van der Waals surface area contributed by atoms with E-state index < -0.39 is 30.1 Å². The largest absolute Gasteiger partial charge is 0.361 e. The molecule has 15 nitrogen and oxygen atoms in total. The Morgan fingerprint density at radius 1 is 0.406 bits per heavy atom. The second kappa shape index (κ2) is 23.4. The van der Waals surface area contributed by atoms with Gasteiger partial charge >= 0.3 is 0 Å². The molecule has 3 N–H and O–H groups in total. The lowest BCUT2D eigenvalue weighted by molar-refractivity contribution is 0.414. The minimum atomic E-state index is -3.19. The summed E-state index contributed by atoms with van der Waals surface area (Å²) >= 11 is 0. The van der Waals surface area contributed by atoms with Gasteiger partial charge in [-0.2, -0.15) is 0 Å². The van der Waals surface area contributed by atoms with E-state index in [0.717, 1.165) is 127 Å². The van der Waals surface area contributed by atoms with Crippen molar-refractivity contribution in [1.82, 2.24) is 42.6 Å². The zero-order chi connectivity index (χ0) is 49.3. The molecule has 3 fully saturated rings. The van der Waals surface area contributed by atoms with E-state index in [1.165, 1.54) is 16.7 Å².